The highest BCUT2D eigenvalue weighted by Gasteiger charge is 2.23. The zero-order chi connectivity index (χ0) is 21.1. The molecular weight excluding hydrogens is 444 g/mol. The lowest BCUT2D eigenvalue weighted by Gasteiger charge is -2.35. The summed E-state index contributed by atoms with van der Waals surface area (Å²) in [5, 5.41) is 0. The molecule has 7 heteroatoms. The van der Waals surface area contributed by atoms with Gasteiger partial charge in [-0.15, -0.1) is 0 Å². The van der Waals surface area contributed by atoms with Crippen LogP contribution in [0.3, 0.4) is 0 Å². The summed E-state index contributed by atoms with van der Waals surface area (Å²) >= 11 is 3.43. The minimum atomic E-state index is 0.0539. The molecule has 1 aromatic heterocycles. The van der Waals surface area contributed by atoms with Gasteiger partial charge < -0.3 is 14.5 Å². The summed E-state index contributed by atoms with van der Waals surface area (Å²) in [6.07, 6.45) is 0. The third-order valence-electron chi connectivity index (χ3n) is 5.01. The van der Waals surface area contributed by atoms with Gasteiger partial charge in [-0.05, 0) is 44.2 Å². The fourth-order valence-electron chi connectivity index (χ4n) is 3.41. The molecule has 0 bridgehead atoms. The van der Waals surface area contributed by atoms with Crippen LogP contribution in [0.4, 0.5) is 5.82 Å². The number of benzene rings is 2. The molecule has 0 saturated carbocycles. The van der Waals surface area contributed by atoms with Gasteiger partial charge in [0.05, 0.1) is 0 Å². The van der Waals surface area contributed by atoms with Gasteiger partial charge in [0.15, 0.2) is 0 Å². The van der Waals surface area contributed by atoms with E-state index in [0.29, 0.717) is 43.4 Å². The Kier molecular flexibility index (Phi) is 5.99. The Hall–Kier alpha value is -2.93. The molecule has 0 aliphatic carbocycles. The highest BCUT2D eigenvalue weighted by Crippen LogP contribution is 2.24. The fraction of sp³-hybridized carbons (Fsp3) is 0.261. The third-order valence-corrected chi connectivity index (χ3v) is 5.50. The van der Waals surface area contributed by atoms with E-state index in [-0.39, 0.29) is 5.91 Å². The molecule has 1 amide bonds. The van der Waals surface area contributed by atoms with Crippen LogP contribution in [-0.2, 0) is 0 Å². The average molecular weight is 467 g/mol. The van der Waals surface area contributed by atoms with Gasteiger partial charge in [0.1, 0.15) is 17.4 Å². The number of nitrogens with zero attached hydrogens (tertiary/aromatic N) is 4. The summed E-state index contributed by atoms with van der Waals surface area (Å²) in [5.74, 6) is 2.79. The molecule has 1 aliphatic heterocycles. The maximum absolute atomic E-state index is 12.8. The van der Waals surface area contributed by atoms with Crippen molar-refractivity contribution in [2.45, 2.75) is 13.8 Å². The van der Waals surface area contributed by atoms with E-state index >= 15 is 0 Å². The van der Waals surface area contributed by atoms with Crippen LogP contribution >= 0.6 is 15.9 Å². The van der Waals surface area contributed by atoms with Crippen LogP contribution in [0.15, 0.2) is 59.1 Å². The second-order valence-electron chi connectivity index (χ2n) is 7.32. The first kappa shape index (κ1) is 20.3. The molecule has 4 rings (SSSR count). The largest absolute Gasteiger partial charge is 0.439 e. The standard InChI is InChI=1S/C23H23BrN4O2/c1-16-6-8-20(9-7-16)30-22-15-21(25-17(2)26-22)27-10-12-28(13-11-27)23(29)18-4-3-5-19(24)14-18/h3-9,14-15H,10-13H2,1-2H3. The van der Waals surface area contributed by atoms with Crippen LogP contribution < -0.4 is 9.64 Å². The summed E-state index contributed by atoms with van der Waals surface area (Å²) in [4.78, 5) is 25.8. The van der Waals surface area contributed by atoms with Crippen molar-refractivity contribution >= 4 is 27.7 Å². The first-order chi connectivity index (χ1) is 14.5. The van der Waals surface area contributed by atoms with Gasteiger partial charge in [-0.1, -0.05) is 39.7 Å². The maximum atomic E-state index is 12.8. The van der Waals surface area contributed by atoms with Crippen molar-refractivity contribution in [3.63, 3.8) is 0 Å². The van der Waals surface area contributed by atoms with Gasteiger partial charge in [-0.2, -0.15) is 4.98 Å². The summed E-state index contributed by atoms with van der Waals surface area (Å²) in [6, 6.07) is 17.2. The normalized spacial score (nSPS) is 14.0. The van der Waals surface area contributed by atoms with E-state index in [9.17, 15) is 4.79 Å². The number of carbonyl (C=O) groups excluding carboxylic acids is 1. The molecule has 0 atom stereocenters. The number of rotatable bonds is 4. The number of amides is 1. The molecule has 0 N–H and O–H groups in total. The summed E-state index contributed by atoms with van der Waals surface area (Å²) < 4.78 is 6.83. The van der Waals surface area contributed by atoms with E-state index in [0.717, 1.165) is 16.0 Å². The van der Waals surface area contributed by atoms with Gasteiger partial charge in [-0.25, -0.2) is 4.98 Å². The molecule has 1 fully saturated rings. The predicted octanol–water partition coefficient (Wildman–Crippen LogP) is 4.61. The highest BCUT2D eigenvalue weighted by atomic mass is 79.9. The van der Waals surface area contributed by atoms with Crippen LogP contribution in [-0.4, -0.2) is 47.0 Å². The van der Waals surface area contributed by atoms with Crippen molar-refractivity contribution < 1.29 is 9.53 Å². The number of aromatic nitrogens is 2. The molecule has 2 heterocycles. The molecular formula is C23H23BrN4O2. The summed E-state index contributed by atoms with van der Waals surface area (Å²) in [7, 11) is 0. The van der Waals surface area contributed by atoms with Crippen LogP contribution in [0.25, 0.3) is 0 Å². The second kappa shape index (κ2) is 8.83. The Balaban J connectivity index is 1.43. The quantitative estimate of drug-likeness (QED) is 0.561. The number of aryl methyl sites for hydroxylation is 2. The molecule has 1 aliphatic rings. The Morgan fingerprint density at radius 1 is 0.967 bits per heavy atom. The van der Waals surface area contributed by atoms with E-state index in [1.54, 1.807) is 0 Å². The van der Waals surface area contributed by atoms with Crippen LogP contribution in [0.2, 0.25) is 0 Å². The second-order valence-corrected chi connectivity index (χ2v) is 8.23. The highest BCUT2D eigenvalue weighted by molar-refractivity contribution is 9.10. The van der Waals surface area contributed by atoms with E-state index in [1.807, 2.05) is 73.3 Å². The summed E-state index contributed by atoms with van der Waals surface area (Å²) in [5.41, 5.74) is 1.88. The molecule has 0 radical (unpaired) electrons. The van der Waals surface area contributed by atoms with E-state index in [1.165, 1.54) is 5.56 Å². The lowest BCUT2D eigenvalue weighted by molar-refractivity contribution is 0.0746. The Morgan fingerprint density at radius 2 is 1.70 bits per heavy atom. The van der Waals surface area contributed by atoms with Crippen molar-refractivity contribution in [3.8, 4) is 11.6 Å². The maximum Gasteiger partial charge on any atom is 0.254 e. The zero-order valence-corrected chi connectivity index (χ0v) is 18.6. The van der Waals surface area contributed by atoms with Crippen molar-refractivity contribution in [2.75, 3.05) is 31.1 Å². The molecule has 1 saturated heterocycles. The van der Waals surface area contributed by atoms with Crippen molar-refractivity contribution in [1.82, 2.24) is 14.9 Å². The van der Waals surface area contributed by atoms with Crippen molar-refractivity contribution in [3.05, 3.63) is 76.0 Å². The minimum absolute atomic E-state index is 0.0539. The van der Waals surface area contributed by atoms with Crippen molar-refractivity contribution in [2.24, 2.45) is 0 Å². The monoisotopic (exact) mass is 466 g/mol. The molecule has 0 unspecified atom stereocenters. The lowest BCUT2D eigenvalue weighted by Crippen LogP contribution is -2.49. The fourth-order valence-corrected chi connectivity index (χ4v) is 3.81. The average Bonchev–Trinajstić information content (AvgIpc) is 2.74. The topological polar surface area (TPSA) is 58.6 Å². The number of carbonyl (C=O) groups is 1. The van der Waals surface area contributed by atoms with Gasteiger partial charge >= 0.3 is 0 Å². The Bertz CT molecular complexity index is 1050. The van der Waals surface area contributed by atoms with Gasteiger partial charge in [0.25, 0.3) is 5.91 Å². The number of ether oxygens (including phenoxy) is 1. The SMILES string of the molecule is Cc1ccc(Oc2cc(N3CCN(C(=O)c4cccc(Br)c4)CC3)nc(C)n2)cc1. The van der Waals surface area contributed by atoms with E-state index in [2.05, 4.69) is 30.8 Å². The number of hydrogen-bond acceptors (Lipinski definition) is 5. The van der Waals surface area contributed by atoms with Crippen molar-refractivity contribution in [1.29, 1.82) is 0 Å². The lowest BCUT2D eigenvalue weighted by atomic mass is 10.2. The molecule has 6 nitrogen and oxygen atoms in total. The first-order valence-corrected chi connectivity index (χ1v) is 10.7. The predicted molar refractivity (Wildman–Crippen MR) is 120 cm³/mol. The molecule has 2 aromatic carbocycles. The zero-order valence-electron chi connectivity index (χ0n) is 17.0. The molecule has 0 spiro atoms. The third kappa shape index (κ3) is 4.79. The van der Waals surface area contributed by atoms with Gasteiger partial charge in [0, 0.05) is 42.3 Å². The van der Waals surface area contributed by atoms with Gasteiger partial charge in [-0.3, -0.25) is 4.79 Å². The number of piperazine rings is 1. The van der Waals surface area contributed by atoms with Gasteiger partial charge in [0.2, 0.25) is 5.88 Å². The van der Waals surface area contributed by atoms with Crippen LogP contribution in [0.1, 0.15) is 21.7 Å². The minimum Gasteiger partial charge on any atom is -0.439 e. The Labute approximate surface area is 184 Å². The van der Waals surface area contributed by atoms with E-state index in [4.69, 9.17) is 4.74 Å². The number of hydrogen-bond donors (Lipinski definition) is 0. The molecule has 3 aromatic rings. The molecule has 154 valence electrons. The van der Waals surface area contributed by atoms with Crippen LogP contribution in [0.5, 0.6) is 11.6 Å². The smallest absolute Gasteiger partial charge is 0.254 e. The summed E-state index contributed by atoms with van der Waals surface area (Å²) in [6.45, 7) is 6.60. The Morgan fingerprint density at radius 3 is 2.40 bits per heavy atom. The number of halogens is 1. The first-order valence-electron chi connectivity index (χ1n) is 9.88. The number of anilines is 1. The van der Waals surface area contributed by atoms with Crippen LogP contribution in [0, 0.1) is 13.8 Å². The molecule has 30 heavy (non-hydrogen) atoms. The van der Waals surface area contributed by atoms with E-state index < -0.39 is 0 Å².